The van der Waals surface area contributed by atoms with E-state index < -0.39 is 0 Å². The van der Waals surface area contributed by atoms with Gasteiger partial charge in [0.15, 0.2) is 0 Å². The summed E-state index contributed by atoms with van der Waals surface area (Å²) in [5.41, 5.74) is 7.58. The van der Waals surface area contributed by atoms with Gasteiger partial charge in [0.2, 0.25) is 5.95 Å². The molecule has 3 rings (SSSR count). The van der Waals surface area contributed by atoms with Crippen molar-refractivity contribution in [2.45, 2.75) is 40.2 Å². The Morgan fingerprint density at radius 1 is 1.00 bits per heavy atom. The highest BCUT2D eigenvalue weighted by Crippen LogP contribution is 2.24. The molecule has 0 radical (unpaired) electrons. The van der Waals surface area contributed by atoms with Crippen molar-refractivity contribution in [2.75, 3.05) is 5.32 Å². The minimum Gasteiger partial charge on any atom is -0.352 e. The topological polar surface area (TPSA) is 29.9 Å². The van der Waals surface area contributed by atoms with E-state index in [-0.39, 0.29) is 0 Å². The number of aromatic nitrogens is 2. The zero-order valence-electron chi connectivity index (χ0n) is 15.8. The van der Waals surface area contributed by atoms with E-state index in [1.165, 1.54) is 27.8 Å². The molecule has 0 aliphatic rings. The van der Waals surface area contributed by atoms with Crippen molar-refractivity contribution in [3.8, 4) is 11.3 Å². The van der Waals surface area contributed by atoms with Crippen molar-refractivity contribution in [1.82, 2.24) is 9.55 Å². The molecule has 1 aromatic heterocycles. The lowest BCUT2D eigenvalue weighted by Gasteiger charge is -2.10. The Morgan fingerprint density at radius 2 is 1.72 bits per heavy atom. The number of nitrogens with one attached hydrogen (secondary N) is 1. The van der Waals surface area contributed by atoms with E-state index in [9.17, 15) is 0 Å². The molecular weight excluding hydrogens is 306 g/mol. The molecule has 1 N–H and O–H groups in total. The molecule has 0 aliphatic heterocycles. The van der Waals surface area contributed by atoms with Gasteiger partial charge < -0.3 is 9.88 Å². The van der Waals surface area contributed by atoms with Crippen LogP contribution in [0.2, 0.25) is 0 Å². The second kappa shape index (κ2) is 7.14. The molecule has 3 heteroatoms. The Kier molecular flexibility index (Phi) is 4.93. The first-order valence-electron chi connectivity index (χ1n) is 8.87. The maximum atomic E-state index is 4.56. The number of benzene rings is 2. The fourth-order valence-electron chi connectivity index (χ4n) is 2.94. The van der Waals surface area contributed by atoms with Gasteiger partial charge in [0.25, 0.3) is 0 Å². The van der Waals surface area contributed by atoms with Gasteiger partial charge in [-0.3, -0.25) is 0 Å². The monoisotopic (exact) mass is 333 g/mol. The number of rotatable bonds is 5. The zero-order valence-corrected chi connectivity index (χ0v) is 15.8. The van der Waals surface area contributed by atoms with E-state index in [4.69, 9.17) is 0 Å². The molecule has 0 unspecified atom stereocenters. The lowest BCUT2D eigenvalue weighted by molar-refractivity contribution is 0.864. The number of nitrogens with zero attached hydrogens (tertiary/aromatic N) is 2. The van der Waals surface area contributed by atoms with E-state index >= 15 is 0 Å². The summed E-state index contributed by atoms with van der Waals surface area (Å²) in [7, 11) is 2.06. The lowest BCUT2D eigenvalue weighted by atomic mass is 10.0. The van der Waals surface area contributed by atoms with Crippen LogP contribution in [0.15, 0.2) is 48.7 Å². The Hall–Kier alpha value is -2.55. The van der Waals surface area contributed by atoms with Crippen LogP contribution in [0.4, 0.5) is 5.95 Å². The molecule has 25 heavy (non-hydrogen) atoms. The summed E-state index contributed by atoms with van der Waals surface area (Å²) in [5.74, 6) is 1.46. The minimum atomic E-state index is 0.567. The van der Waals surface area contributed by atoms with Crippen molar-refractivity contribution in [2.24, 2.45) is 7.05 Å². The van der Waals surface area contributed by atoms with Crippen LogP contribution in [0.5, 0.6) is 0 Å². The van der Waals surface area contributed by atoms with Gasteiger partial charge in [0.1, 0.15) is 0 Å². The summed E-state index contributed by atoms with van der Waals surface area (Å²) in [6.07, 6.45) is 1.94. The van der Waals surface area contributed by atoms with Crippen LogP contribution >= 0.6 is 0 Å². The highest BCUT2D eigenvalue weighted by Gasteiger charge is 2.09. The fourth-order valence-corrected chi connectivity index (χ4v) is 2.94. The molecule has 0 amide bonds. The molecule has 0 spiro atoms. The van der Waals surface area contributed by atoms with E-state index in [1.807, 2.05) is 6.20 Å². The molecule has 0 bridgehead atoms. The second-order valence-electron chi connectivity index (χ2n) is 7.07. The first-order chi connectivity index (χ1) is 12.0. The highest BCUT2D eigenvalue weighted by molar-refractivity contribution is 5.63. The lowest BCUT2D eigenvalue weighted by Crippen LogP contribution is -2.06. The van der Waals surface area contributed by atoms with Gasteiger partial charge in [0, 0.05) is 19.2 Å². The number of aryl methyl sites for hydroxylation is 2. The molecule has 130 valence electrons. The molecule has 2 aromatic carbocycles. The molecule has 0 saturated heterocycles. The van der Waals surface area contributed by atoms with Crippen LogP contribution in [-0.2, 0) is 13.6 Å². The van der Waals surface area contributed by atoms with E-state index in [0.717, 1.165) is 18.2 Å². The summed E-state index contributed by atoms with van der Waals surface area (Å²) < 4.78 is 2.12. The first kappa shape index (κ1) is 17.3. The number of hydrogen-bond donors (Lipinski definition) is 1. The minimum absolute atomic E-state index is 0.567. The van der Waals surface area contributed by atoms with Crippen molar-refractivity contribution in [1.29, 1.82) is 0 Å². The smallest absolute Gasteiger partial charge is 0.203 e. The molecular formula is C22H27N3. The normalized spacial score (nSPS) is 11.1. The van der Waals surface area contributed by atoms with Crippen molar-refractivity contribution >= 4 is 5.95 Å². The first-order valence-corrected chi connectivity index (χ1v) is 8.87. The Bertz CT molecular complexity index is 857. The molecule has 0 aliphatic carbocycles. The predicted octanol–water partition coefficient (Wildman–Crippen LogP) is 5.44. The molecule has 0 saturated carbocycles. The van der Waals surface area contributed by atoms with Crippen LogP contribution in [0.25, 0.3) is 11.3 Å². The molecule has 3 nitrogen and oxygen atoms in total. The van der Waals surface area contributed by atoms with Crippen LogP contribution in [0, 0.1) is 13.8 Å². The van der Waals surface area contributed by atoms with Crippen LogP contribution in [0.3, 0.4) is 0 Å². The van der Waals surface area contributed by atoms with Crippen molar-refractivity contribution in [3.63, 3.8) is 0 Å². The number of anilines is 1. The number of hydrogen-bond acceptors (Lipinski definition) is 2. The molecule has 0 fully saturated rings. The van der Waals surface area contributed by atoms with Gasteiger partial charge in [0.05, 0.1) is 11.9 Å². The average Bonchev–Trinajstić information content (AvgIpc) is 2.96. The standard InChI is InChI=1S/C22H27N3/c1-15(2)19-10-7-18(8-11-19)13-23-22-24-14-21(25(22)5)20-9-6-16(3)17(4)12-20/h6-12,14-15H,13H2,1-5H3,(H,23,24). The van der Waals surface area contributed by atoms with Crippen LogP contribution in [0.1, 0.15) is 42.0 Å². The number of imidazole rings is 1. The largest absolute Gasteiger partial charge is 0.352 e. The summed E-state index contributed by atoms with van der Waals surface area (Å²) in [6.45, 7) is 9.50. The van der Waals surface area contributed by atoms with Crippen LogP contribution < -0.4 is 5.32 Å². The van der Waals surface area contributed by atoms with E-state index in [1.54, 1.807) is 0 Å². The summed E-state index contributed by atoms with van der Waals surface area (Å²) in [6, 6.07) is 15.3. The fraction of sp³-hybridized carbons (Fsp3) is 0.318. The van der Waals surface area contributed by atoms with E-state index in [0.29, 0.717) is 5.92 Å². The summed E-state index contributed by atoms with van der Waals surface area (Å²) >= 11 is 0. The predicted molar refractivity (Wildman–Crippen MR) is 106 cm³/mol. The highest BCUT2D eigenvalue weighted by atomic mass is 15.2. The van der Waals surface area contributed by atoms with Gasteiger partial charge in [-0.15, -0.1) is 0 Å². The maximum Gasteiger partial charge on any atom is 0.203 e. The summed E-state index contributed by atoms with van der Waals surface area (Å²) in [4.78, 5) is 4.56. The van der Waals surface area contributed by atoms with E-state index in [2.05, 4.69) is 92.1 Å². The third-order valence-electron chi connectivity index (χ3n) is 4.89. The Labute approximate surface area is 150 Å². The SMILES string of the molecule is Cc1ccc(-c2cnc(NCc3ccc(C(C)C)cc3)n2C)cc1C. The summed E-state index contributed by atoms with van der Waals surface area (Å²) in [5, 5.41) is 3.45. The molecule has 1 heterocycles. The Balaban J connectivity index is 1.74. The molecule has 0 atom stereocenters. The van der Waals surface area contributed by atoms with Crippen molar-refractivity contribution in [3.05, 3.63) is 70.9 Å². The average molecular weight is 333 g/mol. The second-order valence-corrected chi connectivity index (χ2v) is 7.07. The van der Waals surface area contributed by atoms with Gasteiger partial charge in [-0.05, 0) is 48.1 Å². The van der Waals surface area contributed by atoms with Gasteiger partial charge in [-0.25, -0.2) is 4.98 Å². The van der Waals surface area contributed by atoms with Crippen LogP contribution in [-0.4, -0.2) is 9.55 Å². The quantitative estimate of drug-likeness (QED) is 0.674. The third-order valence-corrected chi connectivity index (χ3v) is 4.89. The third kappa shape index (κ3) is 3.76. The van der Waals surface area contributed by atoms with Gasteiger partial charge >= 0.3 is 0 Å². The van der Waals surface area contributed by atoms with Gasteiger partial charge in [-0.1, -0.05) is 50.2 Å². The molecule has 3 aromatic rings. The van der Waals surface area contributed by atoms with Gasteiger partial charge in [-0.2, -0.15) is 0 Å². The van der Waals surface area contributed by atoms with Crippen molar-refractivity contribution < 1.29 is 0 Å². The maximum absolute atomic E-state index is 4.56. The Morgan fingerprint density at radius 3 is 2.36 bits per heavy atom. The zero-order chi connectivity index (χ0) is 18.0.